The van der Waals surface area contributed by atoms with Crippen LogP contribution in [0.5, 0.6) is 0 Å². The zero-order chi connectivity index (χ0) is 52.2. The molecule has 1 atom stereocenters. The molecule has 0 N–H and O–H groups in total. The first-order chi connectivity index (χ1) is 35.5. The van der Waals surface area contributed by atoms with Crippen LogP contribution in [-0.2, 0) is 28.6 Å². The number of unbranched alkanes of at least 4 members (excludes halogenated alkanes) is 27. The van der Waals surface area contributed by atoms with Gasteiger partial charge in [0.25, 0.3) is 0 Å². The van der Waals surface area contributed by atoms with Crippen molar-refractivity contribution in [2.75, 3.05) is 13.2 Å². The van der Waals surface area contributed by atoms with Gasteiger partial charge in [-0.15, -0.1) is 0 Å². The zero-order valence-corrected chi connectivity index (χ0v) is 47.2. The van der Waals surface area contributed by atoms with E-state index >= 15 is 0 Å². The SMILES string of the molecule is CC/C=C\C/C=C\C/C=C\C/C=C\C/C=C\C/C=C\C/C=C\C/C=C\CCCCCCCCCCC(=O)OCC(COC(=O)CCCCCCCCCC)OC(=O)CCCCCCCCCCCCCCC. The third-order valence-corrected chi connectivity index (χ3v) is 12.9. The average Bonchev–Trinajstić information content (AvgIpc) is 3.38. The minimum Gasteiger partial charge on any atom is -0.462 e. The van der Waals surface area contributed by atoms with E-state index in [1.165, 1.54) is 128 Å². The van der Waals surface area contributed by atoms with Gasteiger partial charge in [0.1, 0.15) is 13.2 Å². The van der Waals surface area contributed by atoms with Crippen LogP contribution in [-0.4, -0.2) is 37.2 Å². The van der Waals surface area contributed by atoms with Gasteiger partial charge in [-0.05, 0) is 83.5 Å². The van der Waals surface area contributed by atoms with Gasteiger partial charge in [0.2, 0.25) is 0 Å². The van der Waals surface area contributed by atoms with E-state index in [1.54, 1.807) is 0 Å². The summed E-state index contributed by atoms with van der Waals surface area (Å²) in [6.45, 7) is 6.50. The number of esters is 3. The van der Waals surface area contributed by atoms with Gasteiger partial charge < -0.3 is 14.2 Å². The Labute approximate surface area is 445 Å². The van der Waals surface area contributed by atoms with Crippen LogP contribution in [0.1, 0.15) is 284 Å². The van der Waals surface area contributed by atoms with Gasteiger partial charge in [0, 0.05) is 19.3 Å². The number of carbonyl (C=O) groups excluding carboxylic acids is 3. The first kappa shape index (κ1) is 68.3. The molecule has 0 amide bonds. The monoisotopic (exact) mass is 1000 g/mol. The topological polar surface area (TPSA) is 78.9 Å². The van der Waals surface area contributed by atoms with Gasteiger partial charge in [0.15, 0.2) is 6.10 Å². The predicted octanol–water partition coefficient (Wildman–Crippen LogP) is 20.5. The summed E-state index contributed by atoms with van der Waals surface area (Å²) < 4.78 is 16.8. The van der Waals surface area contributed by atoms with Crippen molar-refractivity contribution in [3.63, 3.8) is 0 Å². The Morgan fingerprint density at radius 1 is 0.292 bits per heavy atom. The van der Waals surface area contributed by atoms with E-state index in [1.807, 2.05) is 0 Å². The summed E-state index contributed by atoms with van der Waals surface area (Å²) in [5.41, 5.74) is 0. The Bertz CT molecular complexity index is 1430. The summed E-state index contributed by atoms with van der Waals surface area (Å²) in [4.78, 5) is 38.0. The summed E-state index contributed by atoms with van der Waals surface area (Å²) in [6.07, 6.45) is 80.0. The lowest BCUT2D eigenvalue weighted by Crippen LogP contribution is -2.30. The second-order valence-corrected chi connectivity index (χ2v) is 19.9. The van der Waals surface area contributed by atoms with E-state index < -0.39 is 6.10 Å². The van der Waals surface area contributed by atoms with Crippen molar-refractivity contribution in [2.45, 2.75) is 290 Å². The van der Waals surface area contributed by atoms with Crippen LogP contribution in [0.15, 0.2) is 97.2 Å². The smallest absolute Gasteiger partial charge is 0.306 e. The molecule has 0 aliphatic heterocycles. The molecule has 1 unspecified atom stereocenters. The van der Waals surface area contributed by atoms with Crippen LogP contribution in [0, 0.1) is 0 Å². The van der Waals surface area contributed by atoms with Crippen LogP contribution in [0.3, 0.4) is 0 Å². The Balaban J connectivity index is 4.13. The van der Waals surface area contributed by atoms with Gasteiger partial charge in [-0.2, -0.15) is 0 Å². The van der Waals surface area contributed by atoms with E-state index in [-0.39, 0.29) is 31.1 Å². The van der Waals surface area contributed by atoms with Crippen molar-refractivity contribution < 1.29 is 28.6 Å². The van der Waals surface area contributed by atoms with Gasteiger partial charge in [-0.1, -0.05) is 279 Å². The summed E-state index contributed by atoms with van der Waals surface area (Å²) in [5, 5.41) is 0. The molecule has 0 aromatic carbocycles. The molecule has 6 heteroatoms. The molecule has 0 aromatic heterocycles. The standard InChI is InChI=1S/C66H112O6/c1-4-7-10-13-16-19-21-23-24-25-26-27-28-29-30-31-32-33-34-35-36-37-38-39-40-41-42-44-45-47-50-53-56-59-65(68)71-62-63(61-70-64(67)58-55-52-49-18-15-12-9-6-3)72-66(69)60-57-54-51-48-46-43-22-20-17-14-11-8-5-2/h7,10,16,19,23-24,26-27,29-30,32-33,35-36,38-39,63H,4-6,8-9,11-15,17-18,20-22,25,28,31,34,37,40-62H2,1-3H3/b10-7-,19-16-,24-23-,27-26-,30-29-,33-32-,36-35-,39-38-. The van der Waals surface area contributed by atoms with Gasteiger partial charge in [0.05, 0.1) is 0 Å². The number of carbonyl (C=O) groups is 3. The van der Waals surface area contributed by atoms with Crippen molar-refractivity contribution in [1.82, 2.24) is 0 Å². The molecule has 0 rings (SSSR count). The van der Waals surface area contributed by atoms with E-state index in [9.17, 15) is 14.4 Å². The second-order valence-electron chi connectivity index (χ2n) is 19.9. The Morgan fingerprint density at radius 3 is 0.847 bits per heavy atom. The first-order valence-corrected chi connectivity index (χ1v) is 30.2. The Hall–Kier alpha value is -3.67. The largest absolute Gasteiger partial charge is 0.462 e. The quantitative estimate of drug-likeness (QED) is 0.0261. The molecule has 0 radical (unpaired) electrons. The summed E-state index contributed by atoms with van der Waals surface area (Å²) in [5.74, 6) is -0.883. The van der Waals surface area contributed by atoms with Crippen LogP contribution in [0.2, 0.25) is 0 Å². The molecule has 0 bridgehead atoms. The maximum Gasteiger partial charge on any atom is 0.306 e. The molecular formula is C66H112O6. The highest BCUT2D eigenvalue weighted by Gasteiger charge is 2.19. The normalized spacial score (nSPS) is 12.8. The van der Waals surface area contributed by atoms with Crippen molar-refractivity contribution in [3.8, 4) is 0 Å². The minimum atomic E-state index is -0.775. The molecule has 0 spiro atoms. The molecule has 0 aliphatic carbocycles. The van der Waals surface area contributed by atoms with Crippen molar-refractivity contribution in [2.24, 2.45) is 0 Å². The van der Waals surface area contributed by atoms with Crippen LogP contribution >= 0.6 is 0 Å². The average molecular weight is 1000 g/mol. The Kier molecular flexibility index (Phi) is 56.8. The highest BCUT2D eigenvalue weighted by atomic mass is 16.6. The fourth-order valence-corrected chi connectivity index (χ4v) is 8.34. The Morgan fingerprint density at radius 2 is 0.542 bits per heavy atom. The molecule has 0 aliphatic rings. The summed E-state index contributed by atoms with van der Waals surface area (Å²) in [6, 6.07) is 0. The first-order valence-electron chi connectivity index (χ1n) is 30.2. The number of allylic oxidation sites excluding steroid dienone is 16. The van der Waals surface area contributed by atoms with Crippen LogP contribution in [0.25, 0.3) is 0 Å². The molecule has 0 aromatic rings. The van der Waals surface area contributed by atoms with Crippen molar-refractivity contribution in [3.05, 3.63) is 97.2 Å². The second kappa shape index (κ2) is 59.9. The van der Waals surface area contributed by atoms with E-state index in [0.717, 1.165) is 116 Å². The maximum absolute atomic E-state index is 12.8. The third-order valence-electron chi connectivity index (χ3n) is 12.9. The molecule has 0 heterocycles. The van der Waals surface area contributed by atoms with Gasteiger partial charge >= 0.3 is 17.9 Å². The lowest BCUT2D eigenvalue weighted by atomic mass is 10.0. The maximum atomic E-state index is 12.8. The lowest BCUT2D eigenvalue weighted by molar-refractivity contribution is -0.167. The third kappa shape index (κ3) is 57.2. The molecule has 0 saturated heterocycles. The number of hydrogen-bond donors (Lipinski definition) is 0. The fraction of sp³-hybridized carbons (Fsp3) is 0.712. The zero-order valence-electron chi connectivity index (χ0n) is 47.2. The van der Waals surface area contributed by atoms with E-state index in [2.05, 4.69) is 118 Å². The van der Waals surface area contributed by atoms with E-state index in [4.69, 9.17) is 14.2 Å². The minimum absolute atomic E-state index is 0.0760. The molecule has 0 saturated carbocycles. The number of rotatable bonds is 54. The molecule has 72 heavy (non-hydrogen) atoms. The highest BCUT2D eigenvalue weighted by molar-refractivity contribution is 5.71. The lowest BCUT2D eigenvalue weighted by Gasteiger charge is -2.18. The molecule has 6 nitrogen and oxygen atoms in total. The summed E-state index contributed by atoms with van der Waals surface area (Å²) in [7, 11) is 0. The highest BCUT2D eigenvalue weighted by Crippen LogP contribution is 2.16. The van der Waals surface area contributed by atoms with Gasteiger partial charge in [-0.3, -0.25) is 14.4 Å². The van der Waals surface area contributed by atoms with Crippen LogP contribution in [0.4, 0.5) is 0 Å². The van der Waals surface area contributed by atoms with Crippen LogP contribution < -0.4 is 0 Å². The number of hydrogen-bond acceptors (Lipinski definition) is 6. The predicted molar refractivity (Wildman–Crippen MR) is 311 cm³/mol. The van der Waals surface area contributed by atoms with Crippen molar-refractivity contribution in [1.29, 1.82) is 0 Å². The van der Waals surface area contributed by atoms with Crippen molar-refractivity contribution >= 4 is 17.9 Å². The van der Waals surface area contributed by atoms with E-state index in [0.29, 0.717) is 19.3 Å². The summed E-state index contributed by atoms with van der Waals surface area (Å²) >= 11 is 0. The van der Waals surface area contributed by atoms with Gasteiger partial charge in [-0.25, -0.2) is 0 Å². The number of ether oxygens (including phenoxy) is 3. The molecule has 0 fully saturated rings. The fourth-order valence-electron chi connectivity index (χ4n) is 8.34. The molecule has 412 valence electrons. The molecular weight excluding hydrogens is 889 g/mol.